The highest BCUT2D eigenvalue weighted by atomic mass is 16.6. The monoisotopic (exact) mass is 435 g/mol. The predicted octanol–water partition coefficient (Wildman–Crippen LogP) is 4.79. The highest BCUT2D eigenvalue weighted by molar-refractivity contribution is 6.07. The zero-order valence-electron chi connectivity index (χ0n) is 18.6. The predicted molar refractivity (Wildman–Crippen MR) is 123 cm³/mol. The molecule has 1 aliphatic heterocycles. The van der Waals surface area contributed by atoms with Crippen LogP contribution in [0.5, 0.6) is 0 Å². The van der Waals surface area contributed by atoms with Crippen LogP contribution in [0.25, 0.3) is 5.57 Å². The van der Waals surface area contributed by atoms with Crippen LogP contribution in [0.3, 0.4) is 0 Å². The molecule has 0 N–H and O–H groups in total. The first-order valence-corrected chi connectivity index (χ1v) is 10.7. The highest BCUT2D eigenvalue weighted by Crippen LogP contribution is 2.43. The summed E-state index contributed by atoms with van der Waals surface area (Å²) in [4.78, 5) is 39.4. The van der Waals surface area contributed by atoms with E-state index in [9.17, 15) is 14.4 Å². The Hall–Kier alpha value is -3.41. The van der Waals surface area contributed by atoms with Gasteiger partial charge in [-0.3, -0.25) is 9.59 Å². The summed E-state index contributed by atoms with van der Waals surface area (Å²) >= 11 is 0. The fourth-order valence-corrected chi connectivity index (χ4v) is 4.34. The molecule has 32 heavy (non-hydrogen) atoms. The maximum absolute atomic E-state index is 13.0. The Balaban J connectivity index is 1.77. The Morgan fingerprint density at radius 2 is 2.00 bits per heavy atom. The Kier molecular flexibility index (Phi) is 7.13. The van der Waals surface area contributed by atoms with Crippen LogP contribution in [0, 0.1) is 5.41 Å². The van der Waals surface area contributed by atoms with Crippen LogP contribution >= 0.6 is 0 Å². The third-order valence-corrected chi connectivity index (χ3v) is 6.02. The van der Waals surface area contributed by atoms with Crippen LogP contribution in [0.15, 0.2) is 67.3 Å². The van der Waals surface area contributed by atoms with Crippen molar-refractivity contribution in [3.8, 4) is 0 Å². The van der Waals surface area contributed by atoms with Crippen LogP contribution in [0.1, 0.15) is 43.7 Å². The van der Waals surface area contributed by atoms with Crippen LogP contribution < -0.4 is 0 Å². The lowest BCUT2D eigenvalue weighted by Gasteiger charge is -2.35. The van der Waals surface area contributed by atoms with Crippen molar-refractivity contribution in [1.29, 1.82) is 0 Å². The maximum atomic E-state index is 13.0. The number of benzene rings is 1. The van der Waals surface area contributed by atoms with E-state index in [2.05, 4.69) is 13.2 Å². The first-order valence-electron chi connectivity index (χ1n) is 10.7. The van der Waals surface area contributed by atoms with Crippen molar-refractivity contribution in [3.05, 3.63) is 78.4 Å². The topological polar surface area (TPSA) is 72.9 Å². The van der Waals surface area contributed by atoms with E-state index in [1.165, 1.54) is 13.0 Å². The van der Waals surface area contributed by atoms with E-state index in [0.717, 1.165) is 27.2 Å². The van der Waals surface area contributed by atoms with E-state index in [0.29, 0.717) is 12.8 Å². The number of hydrogen-bond acceptors (Lipinski definition) is 5. The van der Waals surface area contributed by atoms with Gasteiger partial charge in [-0.2, -0.15) is 0 Å². The average molecular weight is 436 g/mol. The third-order valence-electron chi connectivity index (χ3n) is 6.02. The minimum Gasteiger partial charge on any atom is -0.461 e. The maximum Gasteiger partial charge on any atom is 0.416 e. The Labute approximate surface area is 188 Å². The highest BCUT2D eigenvalue weighted by Gasteiger charge is 2.49. The Morgan fingerprint density at radius 3 is 2.69 bits per heavy atom. The molecule has 2 atom stereocenters. The van der Waals surface area contributed by atoms with Crippen LogP contribution in [0.4, 0.5) is 4.79 Å². The summed E-state index contributed by atoms with van der Waals surface area (Å²) < 4.78 is 10.7. The number of esters is 1. The van der Waals surface area contributed by atoms with E-state index in [4.69, 9.17) is 9.47 Å². The zero-order valence-corrected chi connectivity index (χ0v) is 18.6. The molecule has 1 saturated heterocycles. The minimum atomic E-state index is -1.41. The molecule has 1 heterocycles. The first-order chi connectivity index (χ1) is 15.4. The molecular weight excluding hydrogens is 406 g/mol. The van der Waals surface area contributed by atoms with Gasteiger partial charge in [-0.05, 0) is 49.0 Å². The molecule has 0 bridgehead atoms. The second kappa shape index (κ2) is 9.81. The summed E-state index contributed by atoms with van der Waals surface area (Å²) in [6.07, 6.45) is 7.25. The number of hydrogen-bond donors (Lipinski definition) is 0. The minimum absolute atomic E-state index is 0.0128. The molecule has 1 fully saturated rings. The molecule has 1 aromatic carbocycles. The summed E-state index contributed by atoms with van der Waals surface area (Å²) in [6, 6.07) is 7.93. The normalized spacial score (nSPS) is 22.6. The fourth-order valence-electron chi connectivity index (χ4n) is 4.34. The van der Waals surface area contributed by atoms with Crippen LogP contribution in [0.2, 0.25) is 0 Å². The van der Waals surface area contributed by atoms with Gasteiger partial charge in [-0.25, -0.2) is 9.69 Å². The molecule has 2 amide bonds. The molecule has 2 unspecified atom stereocenters. The molecule has 168 valence electrons. The number of ether oxygens (including phenoxy) is 2. The van der Waals surface area contributed by atoms with Crippen molar-refractivity contribution < 1.29 is 23.9 Å². The lowest BCUT2D eigenvalue weighted by Crippen LogP contribution is -2.54. The van der Waals surface area contributed by atoms with E-state index >= 15 is 0 Å². The SMILES string of the molecule is C=CCOC(=O)C1(C)CCCN(C(=O)OCC2C(/C=C\C)=C(C=C)c3ccccc32)C1=O. The largest absolute Gasteiger partial charge is 0.461 e. The van der Waals surface area contributed by atoms with E-state index < -0.39 is 23.4 Å². The van der Waals surface area contributed by atoms with Crippen molar-refractivity contribution in [2.24, 2.45) is 5.41 Å². The van der Waals surface area contributed by atoms with Gasteiger partial charge in [0.1, 0.15) is 18.6 Å². The molecule has 1 aliphatic carbocycles. The molecule has 0 radical (unpaired) electrons. The second-order valence-electron chi connectivity index (χ2n) is 8.07. The molecule has 0 spiro atoms. The number of nitrogens with zero attached hydrogens (tertiary/aromatic N) is 1. The van der Waals surface area contributed by atoms with E-state index in [-0.39, 0.29) is 25.7 Å². The average Bonchev–Trinajstić information content (AvgIpc) is 3.10. The van der Waals surface area contributed by atoms with Crippen molar-refractivity contribution >= 4 is 23.5 Å². The molecule has 1 aromatic rings. The first kappa shape index (κ1) is 23.3. The second-order valence-corrected chi connectivity index (χ2v) is 8.07. The quantitative estimate of drug-likeness (QED) is 0.350. The third kappa shape index (κ3) is 4.17. The van der Waals surface area contributed by atoms with Crippen molar-refractivity contribution in [1.82, 2.24) is 4.90 Å². The number of fused-ring (bicyclic) bond motifs is 1. The standard InChI is InChI=1S/C26H29NO5/c1-5-11-19-18(7-3)20-12-8-9-13-21(20)22(19)17-32-25(30)27-15-10-14-26(4,23(27)28)24(29)31-16-6-2/h5-9,11-13,22H,2-3,10,14-17H2,1,4H3/b11-5-. The van der Waals surface area contributed by atoms with Crippen molar-refractivity contribution in [3.63, 3.8) is 0 Å². The number of imide groups is 1. The summed E-state index contributed by atoms with van der Waals surface area (Å²) in [5, 5.41) is 0. The summed E-state index contributed by atoms with van der Waals surface area (Å²) in [5.41, 5.74) is 2.71. The summed E-state index contributed by atoms with van der Waals surface area (Å²) in [5.74, 6) is -1.41. The molecule has 0 aromatic heterocycles. The van der Waals surface area contributed by atoms with Gasteiger partial charge in [0.15, 0.2) is 0 Å². The van der Waals surface area contributed by atoms with Gasteiger partial charge >= 0.3 is 12.1 Å². The van der Waals surface area contributed by atoms with Gasteiger partial charge in [0.25, 0.3) is 0 Å². The number of amides is 2. The van der Waals surface area contributed by atoms with Crippen LogP contribution in [-0.4, -0.2) is 42.6 Å². The summed E-state index contributed by atoms with van der Waals surface area (Å²) in [6.45, 7) is 11.2. The zero-order chi connectivity index (χ0) is 23.3. The number of rotatable bonds is 7. The molecular formula is C26H29NO5. The smallest absolute Gasteiger partial charge is 0.416 e. The lowest BCUT2D eigenvalue weighted by atomic mass is 9.81. The van der Waals surface area contributed by atoms with Gasteiger partial charge in [0.2, 0.25) is 5.91 Å². The molecule has 6 heteroatoms. The number of likely N-dealkylation sites (tertiary alicyclic amines) is 1. The molecule has 3 rings (SSSR count). The van der Waals surface area contributed by atoms with E-state index in [1.54, 1.807) is 0 Å². The molecule has 0 saturated carbocycles. The van der Waals surface area contributed by atoms with E-state index in [1.807, 2.05) is 49.4 Å². The van der Waals surface area contributed by atoms with Gasteiger partial charge in [-0.1, -0.05) is 61.7 Å². The number of carbonyl (C=O) groups is 3. The number of carbonyl (C=O) groups excluding carboxylic acids is 3. The lowest BCUT2D eigenvalue weighted by molar-refractivity contribution is -0.165. The van der Waals surface area contributed by atoms with Crippen molar-refractivity contribution in [2.75, 3.05) is 19.8 Å². The van der Waals surface area contributed by atoms with Gasteiger partial charge in [-0.15, -0.1) is 0 Å². The van der Waals surface area contributed by atoms with Crippen molar-refractivity contribution in [2.45, 2.75) is 32.6 Å². The number of allylic oxidation sites excluding steroid dienone is 4. The van der Waals surface area contributed by atoms with Gasteiger partial charge in [0.05, 0.1) is 0 Å². The van der Waals surface area contributed by atoms with Gasteiger partial charge in [0, 0.05) is 12.5 Å². The van der Waals surface area contributed by atoms with Gasteiger partial charge < -0.3 is 9.47 Å². The fraction of sp³-hybridized carbons (Fsp3) is 0.346. The van der Waals surface area contributed by atoms with Crippen LogP contribution in [-0.2, 0) is 19.1 Å². The Morgan fingerprint density at radius 1 is 1.25 bits per heavy atom. The Bertz CT molecular complexity index is 1010. The molecule has 2 aliphatic rings. The molecule has 6 nitrogen and oxygen atoms in total. The number of piperidine rings is 1. The summed E-state index contributed by atoms with van der Waals surface area (Å²) in [7, 11) is 0.